The van der Waals surface area contributed by atoms with Crippen molar-refractivity contribution in [3.63, 3.8) is 0 Å². The number of anilines is 3. The third-order valence-corrected chi connectivity index (χ3v) is 4.86. The molecule has 1 fully saturated rings. The minimum absolute atomic E-state index is 0.0418. The zero-order valence-electron chi connectivity index (χ0n) is 14.3. The first-order valence-corrected chi connectivity index (χ1v) is 8.68. The second-order valence-corrected chi connectivity index (χ2v) is 6.74. The van der Waals surface area contributed by atoms with Gasteiger partial charge in [0.15, 0.2) is 11.6 Å². The first-order valence-electron chi connectivity index (χ1n) is 8.68. The lowest BCUT2D eigenvalue weighted by molar-refractivity contribution is 0.0816. The fraction of sp³-hybridized carbons (Fsp3) is 0.368. The summed E-state index contributed by atoms with van der Waals surface area (Å²) < 4.78 is 14.5. The molecule has 1 saturated heterocycles. The molecule has 6 heteroatoms. The Morgan fingerprint density at radius 1 is 1.12 bits per heavy atom. The molecule has 0 radical (unpaired) electrons. The topological polar surface area (TPSA) is 48.5 Å². The lowest BCUT2D eigenvalue weighted by Gasteiger charge is -2.28. The molecule has 1 amide bonds. The molecule has 130 valence electrons. The molecule has 1 aromatic carbocycles. The Morgan fingerprint density at radius 2 is 1.92 bits per heavy atom. The average molecular weight is 340 g/mol. The fourth-order valence-electron chi connectivity index (χ4n) is 3.55. The average Bonchev–Trinajstić information content (AvgIpc) is 2.90. The SMILES string of the molecule is CN1Cc2cc(Nc3cnc(N4CCCCC4)c(F)c3)ccc2C1=O. The normalized spacial score (nSPS) is 17.0. The van der Waals surface area contributed by atoms with Crippen LogP contribution in [0.4, 0.5) is 21.6 Å². The summed E-state index contributed by atoms with van der Waals surface area (Å²) in [6, 6.07) is 7.08. The molecule has 2 aliphatic rings. The smallest absolute Gasteiger partial charge is 0.254 e. The number of amides is 1. The van der Waals surface area contributed by atoms with Gasteiger partial charge in [-0.25, -0.2) is 9.37 Å². The van der Waals surface area contributed by atoms with Crippen molar-refractivity contribution in [1.29, 1.82) is 0 Å². The summed E-state index contributed by atoms with van der Waals surface area (Å²) >= 11 is 0. The second kappa shape index (κ2) is 6.35. The van der Waals surface area contributed by atoms with E-state index in [0.717, 1.165) is 42.7 Å². The molecular weight excluding hydrogens is 319 g/mol. The van der Waals surface area contributed by atoms with Crippen molar-refractivity contribution in [1.82, 2.24) is 9.88 Å². The molecule has 0 atom stereocenters. The van der Waals surface area contributed by atoms with Crippen molar-refractivity contribution in [2.24, 2.45) is 0 Å². The Hall–Kier alpha value is -2.63. The van der Waals surface area contributed by atoms with Crippen molar-refractivity contribution < 1.29 is 9.18 Å². The van der Waals surface area contributed by atoms with E-state index < -0.39 is 0 Å². The van der Waals surface area contributed by atoms with Gasteiger partial charge in [0.1, 0.15) is 0 Å². The van der Waals surface area contributed by atoms with E-state index in [4.69, 9.17) is 0 Å². The highest BCUT2D eigenvalue weighted by molar-refractivity contribution is 5.98. The molecule has 0 aliphatic carbocycles. The number of hydrogen-bond acceptors (Lipinski definition) is 4. The zero-order chi connectivity index (χ0) is 17.4. The maximum atomic E-state index is 14.5. The van der Waals surface area contributed by atoms with Crippen LogP contribution >= 0.6 is 0 Å². The first kappa shape index (κ1) is 15.9. The maximum absolute atomic E-state index is 14.5. The van der Waals surface area contributed by atoms with Crippen molar-refractivity contribution in [2.75, 3.05) is 30.4 Å². The summed E-state index contributed by atoms with van der Waals surface area (Å²) in [6.07, 6.45) is 5.04. The number of nitrogens with zero attached hydrogens (tertiary/aromatic N) is 3. The van der Waals surface area contributed by atoms with E-state index in [1.807, 2.05) is 23.1 Å². The minimum atomic E-state index is -0.303. The number of fused-ring (bicyclic) bond motifs is 1. The number of pyridine rings is 1. The Balaban J connectivity index is 1.53. The van der Waals surface area contributed by atoms with Gasteiger partial charge in [-0.1, -0.05) is 0 Å². The number of hydrogen-bond donors (Lipinski definition) is 1. The molecule has 5 nitrogen and oxygen atoms in total. The Kier molecular flexibility index (Phi) is 4.03. The summed E-state index contributed by atoms with van der Waals surface area (Å²) in [5.41, 5.74) is 3.15. The van der Waals surface area contributed by atoms with E-state index in [2.05, 4.69) is 10.3 Å². The maximum Gasteiger partial charge on any atom is 0.254 e. The number of nitrogens with one attached hydrogen (secondary N) is 1. The summed E-state index contributed by atoms with van der Waals surface area (Å²) in [5.74, 6) is 0.176. The Bertz CT molecular complexity index is 817. The van der Waals surface area contributed by atoms with E-state index in [0.29, 0.717) is 18.1 Å². The quantitative estimate of drug-likeness (QED) is 0.928. The number of aromatic nitrogens is 1. The number of benzene rings is 1. The lowest BCUT2D eigenvalue weighted by atomic mass is 10.1. The van der Waals surface area contributed by atoms with Crippen LogP contribution in [0.1, 0.15) is 35.2 Å². The molecule has 4 rings (SSSR count). The Labute approximate surface area is 146 Å². The van der Waals surface area contributed by atoms with Gasteiger partial charge in [0.25, 0.3) is 5.91 Å². The lowest BCUT2D eigenvalue weighted by Crippen LogP contribution is -2.30. The summed E-state index contributed by atoms with van der Waals surface area (Å²) in [7, 11) is 1.79. The van der Waals surface area contributed by atoms with Gasteiger partial charge in [-0.2, -0.15) is 0 Å². The number of piperidine rings is 1. The van der Waals surface area contributed by atoms with E-state index in [1.54, 1.807) is 18.1 Å². The van der Waals surface area contributed by atoms with Gasteiger partial charge in [-0.15, -0.1) is 0 Å². The Morgan fingerprint density at radius 3 is 2.68 bits per heavy atom. The van der Waals surface area contributed by atoms with Crippen LogP contribution < -0.4 is 10.2 Å². The van der Waals surface area contributed by atoms with Crippen LogP contribution in [0.2, 0.25) is 0 Å². The van der Waals surface area contributed by atoms with Gasteiger partial charge in [0.05, 0.1) is 11.9 Å². The van der Waals surface area contributed by atoms with Crippen LogP contribution in [0.25, 0.3) is 0 Å². The largest absolute Gasteiger partial charge is 0.354 e. The van der Waals surface area contributed by atoms with Crippen LogP contribution in [-0.4, -0.2) is 35.9 Å². The molecule has 2 aliphatic heterocycles. The van der Waals surface area contributed by atoms with Crippen LogP contribution in [0.3, 0.4) is 0 Å². The van der Waals surface area contributed by atoms with Gasteiger partial charge < -0.3 is 15.1 Å². The van der Waals surface area contributed by atoms with Gasteiger partial charge in [-0.3, -0.25) is 4.79 Å². The van der Waals surface area contributed by atoms with Crippen LogP contribution in [0.15, 0.2) is 30.5 Å². The van der Waals surface area contributed by atoms with Crippen LogP contribution in [-0.2, 0) is 6.54 Å². The first-order chi connectivity index (χ1) is 12.1. The monoisotopic (exact) mass is 340 g/mol. The van der Waals surface area contributed by atoms with Crippen LogP contribution in [0, 0.1) is 5.82 Å². The predicted molar refractivity (Wildman–Crippen MR) is 95.8 cm³/mol. The molecule has 0 spiro atoms. The standard InChI is InChI=1S/C19H21FN4O/c1-23-12-13-9-14(5-6-16(13)19(23)25)22-15-10-17(20)18(21-11-15)24-7-3-2-4-8-24/h5-6,9-11,22H,2-4,7-8,12H2,1H3. The van der Waals surface area contributed by atoms with Gasteiger partial charge in [0, 0.05) is 44.0 Å². The third kappa shape index (κ3) is 3.04. The minimum Gasteiger partial charge on any atom is -0.354 e. The highest BCUT2D eigenvalue weighted by atomic mass is 19.1. The van der Waals surface area contributed by atoms with Gasteiger partial charge in [-0.05, 0) is 43.0 Å². The van der Waals surface area contributed by atoms with E-state index in [-0.39, 0.29) is 11.7 Å². The molecule has 1 N–H and O–H groups in total. The highest BCUT2D eigenvalue weighted by Gasteiger charge is 2.24. The van der Waals surface area contributed by atoms with Crippen molar-refractivity contribution in [2.45, 2.75) is 25.8 Å². The highest BCUT2D eigenvalue weighted by Crippen LogP contribution is 2.28. The van der Waals surface area contributed by atoms with Crippen molar-refractivity contribution in [3.05, 3.63) is 47.4 Å². The molecule has 3 heterocycles. The zero-order valence-corrected chi connectivity index (χ0v) is 14.3. The van der Waals surface area contributed by atoms with Crippen molar-refractivity contribution >= 4 is 23.1 Å². The third-order valence-electron chi connectivity index (χ3n) is 4.86. The van der Waals surface area contributed by atoms with Gasteiger partial charge >= 0.3 is 0 Å². The summed E-state index contributed by atoms with van der Waals surface area (Å²) in [4.78, 5) is 20.0. The van der Waals surface area contributed by atoms with Gasteiger partial charge in [0.2, 0.25) is 0 Å². The summed E-state index contributed by atoms with van der Waals surface area (Å²) in [5, 5.41) is 3.18. The number of rotatable bonds is 3. The van der Waals surface area contributed by atoms with E-state index in [1.165, 1.54) is 12.5 Å². The van der Waals surface area contributed by atoms with E-state index in [9.17, 15) is 9.18 Å². The number of carbonyl (C=O) groups excluding carboxylic acids is 1. The van der Waals surface area contributed by atoms with E-state index >= 15 is 0 Å². The molecular formula is C19H21FN4O. The molecule has 25 heavy (non-hydrogen) atoms. The molecule has 2 aromatic rings. The molecule has 1 aromatic heterocycles. The second-order valence-electron chi connectivity index (χ2n) is 6.74. The molecule has 0 unspecified atom stereocenters. The molecule has 0 saturated carbocycles. The summed E-state index contributed by atoms with van der Waals surface area (Å²) in [6.45, 7) is 2.33. The number of carbonyl (C=O) groups is 1. The van der Waals surface area contributed by atoms with Crippen LogP contribution in [0.5, 0.6) is 0 Å². The predicted octanol–water partition coefficient (Wildman–Crippen LogP) is 3.54. The number of halogens is 1. The van der Waals surface area contributed by atoms with Crippen molar-refractivity contribution in [3.8, 4) is 0 Å². The fourth-order valence-corrected chi connectivity index (χ4v) is 3.55. The molecule has 0 bridgehead atoms.